The van der Waals surface area contributed by atoms with Crippen LogP contribution in [0, 0.1) is 10.1 Å². The number of benzene rings is 1. The van der Waals surface area contributed by atoms with Gasteiger partial charge >= 0.3 is 0 Å². The topological polar surface area (TPSA) is 75.5 Å². The SMILES string of the molecule is CN(CC1CCCN1)C(=O)c1cc(Cl)ccc1[N+](=O)[O-]. The molecule has 20 heavy (non-hydrogen) atoms. The van der Waals surface area contributed by atoms with Gasteiger partial charge in [-0.25, -0.2) is 0 Å². The second kappa shape index (κ2) is 6.19. The average molecular weight is 298 g/mol. The van der Waals surface area contributed by atoms with Crippen molar-refractivity contribution < 1.29 is 9.72 Å². The van der Waals surface area contributed by atoms with E-state index in [2.05, 4.69) is 5.32 Å². The first-order chi connectivity index (χ1) is 9.49. The van der Waals surface area contributed by atoms with E-state index in [1.54, 1.807) is 7.05 Å². The largest absolute Gasteiger partial charge is 0.340 e. The van der Waals surface area contributed by atoms with Gasteiger partial charge in [0.25, 0.3) is 11.6 Å². The molecule has 6 nitrogen and oxygen atoms in total. The lowest BCUT2D eigenvalue weighted by Crippen LogP contribution is -2.38. The Labute approximate surface area is 121 Å². The number of nitrogens with zero attached hydrogens (tertiary/aromatic N) is 2. The lowest BCUT2D eigenvalue weighted by molar-refractivity contribution is -0.385. The van der Waals surface area contributed by atoms with Gasteiger partial charge in [-0.3, -0.25) is 14.9 Å². The minimum atomic E-state index is -0.564. The Morgan fingerprint density at radius 2 is 2.35 bits per heavy atom. The molecule has 1 saturated heterocycles. The number of nitro groups is 1. The maximum absolute atomic E-state index is 12.3. The number of carbonyl (C=O) groups excluding carboxylic acids is 1. The number of amides is 1. The summed E-state index contributed by atoms with van der Waals surface area (Å²) >= 11 is 5.83. The van der Waals surface area contributed by atoms with E-state index in [0.717, 1.165) is 19.4 Å². The Hall–Kier alpha value is -1.66. The zero-order valence-electron chi connectivity index (χ0n) is 11.1. The van der Waals surface area contributed by atoms with E-state index in [9.17, 15) is 14.9 Å². The van der Waals surface area contributed by atoms with Crippen LogP contribution in [0.3, 0.4) is 0 Å². The van der Waals surface area contributed by atoms with E-state index in [-0.39, 0.29) is 23.2 Å². The summed E-state index contributed by atoms with van der Waals surface area (Å²) in [4.78, 5) is 24.3. The Morgan fingerprint density at radius 3 is 2.95 bits per heavy atom. The highest BCUT2D eigenvalue weighted by molar-refractivity contribution is 6.31. The van der Waals surface area contributed by atoms with Crippen molar-refractivity contribution in [3.63, 3.8) is 0 Å². The van der Waals surface area contributed by atoms with E-state index in [0.29, 0.717) is 11.6 Å². The van der Waals surface area contributed by atoms with Crippen LogP contribution in [0.2, 0.25) is 5.02 Å². The summed E-state index contributed by atoms with van der Waals surface area (Å²) < 4.78 is 0. The van der Waals surface area contributed by atoms with E-state index < -0.39 is 4.92 Å². The van der Waals surface area contributed by atoms with Gasteiger partial charge in [0.05, 0.1) is 4.92 Å². The van der Waals surface area contributed by atoms with E-state index in [4.69, 9.17) is 11.6 Å². The molecular weight excluding hydrogens is 282 g/mol. The number of carbonyl (C=O) groups is 1. The molecule has 1 aromatic carbocycles. The molecule has 1 aliphatic heterocycles. The predicted molar refractivity (Wildman–Crippen MR) is 76.1 cm³/mol. The van der Waals surface area contributed by atoms with Gasteiger partial charge in [0.2, 0.25) is 0 Å². The monoisotopic (exact) mass is 297 g/mol. The molecule has 2 rings (SSSR count). The molecule has 7 heteroatoms. The third-order valence-electron chi connectivity index (χ3n) is 3.39. The summed E-state index contributed by atoms with van der Waals surface area (Å²) in [7, 11) is 1.65. The quantitative estimate of drug-likeness (QED) is 0.682. The van der Waals surface area contributed by atoms with Gasteiger partial charge < -0.3 is 10.2 Å². The Morgan fingerprint density at radius 1 is 1.60 bits per heavy atom. The highest BCUT2D eigenvalue weighted by Crippen LogP contribution is 2.24. The minimum Gasteiger partial charge on any atom is -0.340 e. The summed E-state index contributed by atoms with van der Waals surface area (Å²) in [6.07, 6.45) is 2.10. The van der Waals surface area contributed by atoms with Crippen LogP contribution in [0.25, 0.3) is 0 Å². The maximum Gasteiger partial charge on any atom is 0.282 e. The van der Waals surface area contributed by atoms with Crippen molar-refractivity contribution in [1.82, 2.24) is 10.2 Å². The van der Waals surface area contributed by atoms with Crippen molar-refractivity contribution in [2.24, 2.45) is 0 Å². The zero-order chi connectivity index (χ0) is 14.7. The van der Waals surface area contributed by atoms with Crippen LogP contribution in [0.5, 0.6) is 0 Å². The molecule has 1 aromatic rings. The molecule has 0 bridgehead atoms. The molecule has 0 spiro atoms. The van der Waals surface area contributed by atoms with Crippen LogP contribution in [0.1, 0.15) is 23.2 Å². The first kappa shape index (κ1) is 14.7. The van der Waals surface area contributed by atoms with Gasteiger partial charge in [-0.05, 0) is 31.5 Å². The summed E-state index contributed by atoms with van der Waals surface area (Å²) in [6, 6.07) is 4.27. The van der Waals surface area contributed by atoms with Crippen LogP contribution in [0.4, 0.5) is 5.69 Å². The first-order valence-electron chi connectivity index (χ1n) is 6.42. The molecule has 1 fully saturated rings. The van der Waals surface area contributed by atoms with Crippen LogP contribution < -0.4 is 5.32 Å². The standard InChI is InChI=1S/C13H16ClN3O3/c1-16(8-10-3-2-6-15-10)13(18)11-7-9(14)4-5-12(11)17(19)20/h4-5,7,10,15H,2-3,6,8H2,1H3. The number of hydrogen-bond acceptors (Lipinski definition) is 4. The third-order valence-corrected chi connectivity index (χ3v) is 3.62. The van der Waals surface area contributed by atoms with Crippen molar-refractivity contribution in [2.45, 2.75) is 18.9 Å². The number of nitrogens with one attached hydrogen (secondary N) is 1. The summed E-state index contributed by atoms with van der Waals surface area (Å²) in [6.45, 7) is 1.48. The second-order valence-corrected chi connectivity index (χ2v) is 5.33. The number of halogens is 1. The fraction of sp³-hybridized carbons (Fsp3) is 0.462. The molecule has 108 valence electrons. The van der Waals surface area contributed by atoms with Gasteiger partial charge in [0.1, 0.15) is 5.56 Å². The summed E-state index contributed by atoms with van der Waals surface area (Å²) in [5, 5.41) is 14.6. The highest BCUT2D eigenvalue weighted by Gasteiger charge is 2.25. The van der Waals surface area contributed by atoms with Crippen LogP contribution in [-0.4, -0.2) is 41.9 Å². The molecule has 1 aliphatic rings. The van der Waals surface area contributed by atoms with E-state index in [1.165, 1.54) is 23.1 Å². The van der Waals surface area contributed by atoms with Gasteiger partial charge in [0, 0.05) is 30.7 Å². The molecule has 0 aliphatic carbocycles. The van der Waals surface area contributed by atoms with Gasteiger partial charge in [0.15, 0.2) is 0 Å². The number of rotatable bonds is 4. The first-order valence-corrected chi connectivity index (χ1v) is 6.79. The normalized spacial score (nSPS) is 18.0. The Kier molecular flexibility index (Phi) is 4.57. The molecule has 1 atom stereocenters. The van der Waals surface area contributed by atoms with Crippen molar-refractivity contribution in [3.05, 3.63) is 38.9 Å². The molecule has 1 unspecified atom stereocenters. The Balaban J connectivity index is 2.18. The van der Waals surface area contributed by atoms with Crippen molar-refractivity contribution in [3.8, 4) is 0 Å². The molecule has 0 aromatic heterocycles. The molecule has 1 amide bonds. The molecular formula is C13H16ClN3O3. The fourth-order valence-corrected chi connectivity index (χ4v) is 2.54. The number of hydrogen-bond donors (Lipinski definition) is 1. The summed E-state index contributed by atoms with van der Waals surface area (Å²) in [5.41, 5.74) is -0.186. The van der Waals surface area contributed by atoms with Crippen molar-refractivity contribution in [2.75, 3.05) is 20.1 Å². The lowest BCUT2D eigenvalue weighted by Gasteiger charge is -2.21. The number of likely N-dealkylation sites (N-methyl/N-ethyl adjacent to an activating group) is 1. The smallest absolute Gasteiger partial charge is 0.282 e. The van der Waals surface area contributed by atoms with Gasteiger partial charge in [-0.1, -0.05) is 11.6 Å². The fourth-order valence-electron chi connectivity index (χ4n) is 2.37. The van der Waals surface area contributed by atoms with Gasteiger partial charge in [-0.2, -0.15) is 0 Å². The van der Waals surface area contributed by atoms with Crippen molar-refractivity contribution in [1.29, 1.82) is 0 Å². The Bertz CT molecular complexity index is 530. The molecule has 1 N–H and O–H groups in total. The molecule has 1 heterocycles. The van der Waals surface area contributed by atoms with E-state index >= 15 is 0 Å². The maximum atomic E-state index is 12.3. The van der Waals surface area contributed by atoms with Crippen LogP contribution >= 0.6 is 11.6 Å². The average Bonchev–Trinajstić information content (AvgIpc) is 2.90. The van der Waals surface area contributed by atoms with Crippen LogP contribution in [0.15, 0.2) is 18.2 Å². The molecule has 0 radical (unpaired) electrons. The third kappa shape index (κ3) is 3.26. The van der Waals surface area contributed by atoms with E-state index in [1.807, 2.05) is 0 Å². The highest BCUT2D eigenvalue weighted by atomic mass is 35.5. The number of nitro benzene ring substituents is 1. The predicted octanol–water partition coefficient (Wildman–Crippen LogP) is 2.07. The van der Waals surface area contributed by atoms with Gasteiger partial charge in [-0.15, -0.1) is 0 Å². The van der Waals surface area contributed by atoms with Crippen LogP contribution in [-0.2, 0) is 0 Å². The molecule has 0 saturated carbocycles. The minimum absolute atomic E-state index is 0.0306. The zero-order valence-corrected chi connectivity index (χ0v) is 11.9. The lowest BCUT2D eigenvalue weighted by atomic mass is 10.1. The summed E-state index contributed by atoms with van der Waals surface area (Å²) in [5.74, 6) is -0.382. The second-order valence-electron chi connectivity index (χ2n) is 4.90. The van der Waals surface area contributed by atoms with Crippen molar-refractivity contribution >= 4 is 23.2 Å².